The lowest BCUT2D eigenvalue weighted by molar-refractivity contribution is -0.134. The molecule has 1 aromatic heterocycles. The van der Waals surface area contributed by atoms with Crippen molar-refractivity contribution < 1.29 is 4.79 Å². The smallest absolute Gasteiger partial charge is 0.261 e. The Kier molecular flexibility index (Phi) is 8.68. The Labute approximate surface area is 168 Å². The number of para-hydroxylation sites is 1. The Morgan fingerprint density at radius 3 is 2.46 bits per heavy atom. The van der Waals surface area contributed by atoms with Gasteiger partial charge in [0.2, 0.25) is 5.91 Å². The topological polar surface area (TPSA) is 55.2 Å². The van der Waals surface area contributed by atoms with Gasteiger partial charge in [0.15, 0.2) is 0 Å². The predicted molar refractivity (Wildman–Crippen MR) is 115 cm³/mol. The minimum absolute atomic E-state index is 0.0500. The lowest BCUT2D eigenvalue weighted by Crippen LogP contribution is -2.38. The summed E-state index contributed by atoms with van der Waals surface area (Å²) < 4.78 is 1.63. The van der Waals surface area contributed by atoms with Crippen LogP contribution in [-0.4, -0.2) is 26.9 Å². The van der Waals surface area contributed by atoms with Crippen molar-refractivity contribution in [1.29, 1.82) is 0 Å². The van der Waals surface area contributed by atoms with Crippen molar-refractivity contribution in [3.8, 4) is 0 Å². The van der Waals surface area contributed by atoms with Crippen LogP contribution in [0.15, 0.2) is 29.1 Å². The Balaban J connectivity index is 2.41. The summed E-state index contributed by atoms with van der Waals surface area (Å²) in [4.78, 5) is 32.6. The van der Waals surface area contributed by atoms with E-state index in [9.17, 15) is 9.59 Å². The summed E-state index contributed by atoms with van der Waals surface area (Å²) in [5.74, 6) is 0.860. The number of hydrogen-bond donors (Lipinski definition) is 0. The van der Waals surface area contributed by atoms with Crippen LogP contribution in [0, 0.1) is 0 Å². The molecular formula is C23H35N3O2. The zero-order valence-corrected chi connectivity index (χ0v) is 17.9. The Bertz CT molecular complexity index is 828. The van der Waals surface area contributed by atoms with Crippen LogP contribution >= 0.6 is 0 Å². The Hall–Kier alpha value is -2.17. The van der Waals surface area contributed by atoms with Crippen LogP contribution in [0.25, 0.3) is 10.9 Å². The summed E-state index contributed by atoms with van der Waals surface area (Å²) in [5.41, 5.74) is 0.650. The summed E-state index contributed by atoms with van der Waals surface area (Å²) in [6.07, 6.45) is 7.65. The molecule has 28 heavy (non-hydrogen) atoms. The molecule has 5 nitrogen and oxygen atoms in total. The van der Waals surface area contributed by atoms with Crippen molar-refractivity contribution in [2.75, 3.05) is 6.54 Å². The average Bonchev–Trinajstić information content (AvgIpc) is 2.71. The second-order valence-electron chi connectivity index (χ2n) is 7.53. The first-order valence-electron chi connectivity index (χ1n) is 10.8. The first-order chi connectivity index (χ1) is 13.5. The second-order valence-corrected chi connectivity index (χ2v) is 7.53. The molecule has 1 atom stereocenters. The minimum Gasteiger partial charge on any atom is -0.333 e. The maximum absolute atomic E-state index is 13.0. The Morgan fingerprint density at radius 1 is 1.07 bits per heavy atom. The van der Waals surface area contributed by atoms with Crippen LogP contribution in [0.1, 0.15) is 84.0 Å². The largest absolute Gasteiger partial charge is 0.333 e. The second kappa shape index (κ2) is 11.0. The fourth-order valence-corrected chi connectivity index (χ4v) is 3.71. The molecule has 1 unspecified atom stereocenters. The van der Waals surface area contributed by atoms with E-state index >= 15 is 0 Å². The number of benzene rings is 1. The molecule has 0 saturated carbocycles. The molecule has 0 aliphatic carbocycles. The van der Waals surface area contributed by atoms with Gasteiger partial charge in [0, 0.05) is 20.0 Å². The molecular weight excluding hydrogens is 350 g/mol. The van der Waals surface area contributed by atoms with Gasteiger partial charge in [0.25, 0.3) is 5.56 Å². The quantitative estimate of drug-likeness (QED) is 0.512. The van der Waals surface area contributed by atoms with Gasteiger partial charge in [-0.1, -0.05) is 58.6 Å². The van der Waals surface area contributed by atoms with Crippen molar-refractivity contribution in [2.24, 2.45) is 7.05 Å². The number of nitrogens with zero attached hydrogens (tertiary/aromatic N) is 3. The van der Waals surface area contributed by atoms with Crippen molar-refractivity contribution in [1.82, 2.24) is 14.5 Å². The molecule has 1 heterocycles. The first kappa shape index (κ1) is 22.1. The molecule has 0 aliphatic heterocycles. The van der Waals surface area contributed by atoms with Gasteiger partial charge in [-0.3, -0.25) is 14.2 Å². The number of rotatable bonds is 11. The van der Waals surface area contributed by atoms with Crippen molar-refractivity contribution in [3.63, 3.8) is 0 Å². The number of fused-ring (bicyclic) bond motifs is 1. The molecule has 0 fully saturated rings. The summed E-state index contributed by atoms with van der Waals surface area (Å²) in [5, 5.41) is 0.621. The number of hydrogen-bond acceptors (Lipinski definition) is 3. The molecule has 2 aromatic rings. The SMILES string of the molecule is CCCCCCN(C(=O)CCCC)C(CC)c1nc2ccccc2c(=O)n1C. The van der Waals surface area contributed by atoms with Crippen LogP contribution in [-0.2, 0) is 11.8 Å². The summed E-state index contributed by atoms with van der Waals surface area (Å²) in [7, 11) is 1.77. The number of unbranched alkanes of at least 4 members (excludes halogenated alkanes) is 4. The van der Waals surface area contributed by atoms with Crippen molar-refractivity contribution >= 4 is 16.8 Å². The van der Waals surface area contributed by atoms with E-state index in [1.54, 1.807) is 11.6 Å². The fourth-order valence-electron chi connectivity index (χ4n) is 3.71. The van der Waals surface area contributed by atoms with Gasteiger partial charge in [-0.2, -0.15) is 0 Å². The third kappa shape index (κ3) is 5.21. The maximum atomic E-state index is 13.0. The van der Waals surface area contributed by atoms with E-state index < -0.39 is 0 Å². The van der Waals surface area contributed by atoms with E-state index in [1.165, 1.54) is 12.8 Å². The highest BCUT2D eigenvalue weighted by molar-refractivity contribution is 5.78. The zero-order chi connectivity index (χ0) is 20.5. The molecule has 0 aliphatic rings. The lowest BCUT2D eigenvalue weighted by atomic mass is 10.1. The molecule has 0 radical (unpaired) electrons. The van der Waals surface area contributed by atoms with E-state index in [-0.39, 0.29) is 17.5 Å². The van der Waals surface area contributed by atoms with E-state index in [2.05, 4.69) is 20.8 Å². The molecule has 0 bridgehead atoms. The third-order valence-electron chi connectivity index (χ3n) is 5.40. The van der Waals surface area contributed by atoms with Crippen LogP contribution in [0.4, 0.5) is 0 Å². The van der Waals surface area contributed by atoms with Crippen LogP contribution < -0.4 is 5.56 Å². The van der Waals surface area contributed by atoms with Gasteiger partial charge in [-0.05, 0) is 31.4 Å². The third-order valence-corrected chi connectivity index (χ3v) is 5.40. The maximum Gasteiger partial charge on any atom is 0.261 e. The monoisotopic (exact) mass is 385 g/mol. The van der Waals surface area contributed by atoms with E-state index in [1.807, 2.05) is 29.2 Å². The minimum atomic E-state index is -0.173. The average molecular weight is 386 g/mol. The lowest BCUT2D eigenvalue weighted by Gasteiger charge is -2.32. The molecule has 1 aromatic carbocycles. The van der Waals surface area contributed by atoms with E-state index in [4.69, 9.17) is 4.98 Å². The fraction of sp³-hybridized carbons (Fsp3) is 0.609. The van der Waals surface area contributed by atoms with Gasteiger partial charge in [0.1, 0.15) is 5.82 Å². The standard InChI is InChI=1S/C23H35N3O2/c1-5-8-10-13-17-26(21(27)16-9-6-2)20(7-3)22-24-19-15-12-11-14-18(19)23(28)25(22)4/h11-12,14-15,20H,5-10,13,16-17H2,1-4H3. The summed E-state index contributed by atoms with van der Waals surface area (Å²) >= 11 is 0. The van der Waals surface area contributed by atoms with Crippen LogP contribution in [0.2, 0.25) is 0 Å². The van der Waals surface area contributed by atoms with Gasteiger partial charge in [-0.15, -0.1) is 0 Å². The molecule has 5 heteroatoms. The molecule has 154 valence electrons. The first-order valence-corrected chi connectivity index (χ1v) is 10.8. The summed E-state index contributed by atoms with van der Waals surface area (Å²) in [6.45, 7) is 7.08. The predicted octanol–water partition coefficient (Wildman–Crippen LogP) is 4.98. The number of amides is 1. The molecule has 1 amide bonds. The van der Waals surface area contributed by atoms with Crippen LogP contribution in [0.5, 0.6) is 0 Å². The number of carbonyl (C=O) groups is 1. The van der Waals surface area contributed by atoms with Gasteiger partial charge in [-0.25, -0.2) is 4.98 Å². The number of aromatic nitrogens is 2. The molecule has 0 N–H and O–H groups in total. The van der Waals surface area contributed by atoms with E-state index in [0.29, 0.717) is 23.1 Å². The summed E-state index contributed by atoms with van der Waals surface area (Å²) in [6, 6.07) is 7.26. The molecule has 0 spiro atoms. The van der Waals surface area contributed by atoms with Gasteiger partial charge < -0.3 is 4.90 Å². The molecule has 2 rings (SSSR count). The van der Waals surface area contributed by atoms with E-state index in [0.717, 1.165) is 38.6 Å². The normalized spacial score (nSPS) is 12.3. The highest BCUT2D eigenvalue weighted by atomic mass is 16.2. The highest BCUT2D eigenvalue weighted by Gasteiger charge is 2.27. The van der Waals surface area contributed by atoms with Crippen molar-refractivity contribution in [3.05, 3.63) is 40.4 Å². The van der Waals surface area contributed by atoms with Crippen LogP contribution in [0.3, 0.4) is 0 Å². The van der Waals surface area contributed by atoms with Crippen molar-refractivity contribution in [2.45, 2.75) is 78.2 Å². The highest BCUT2D eigenvalue weighted by Crippen LogP contribution is 2.25. The van der Waals surface area contributed by atoms with Gasteiger partial charge >= 0.3 is 0 Å². The zero-order valence-electron chi connectivity index (χ0n) is 17.9. The number of carbonyl (C=O) groups excluding carboxylic acids is 1. The van der Waals surface area contributed by atoms with Gasteiger partial charge in [0.05, 0.1) is 16.9 Å². The molecule has 0 saturated heterocycles. The Morgan fingerprint density at radius 2 is 1.79 bits per heavy atom.